The highest BCUT2D eigenvalue weighted by Gasteiger charge is 2.30. The maximum Gasteiger partial charge on any atom is 0.225 e. The molecule has 1 aromatic heterocycles. The van der Waals surface area contributed by atoms with Crippen LogP contribution in [-0.4, -0.2) is 54.1 Å². The molecule has 3 heterocycles. The van der Waals surface area contributed by atoms with Gasteiger partial charge in [0.05, 0.1) is 12.6 Å². The number of hydrogen-bond acceptors (Lipinski definition) is 5. The number of anilines is 1. The van der Waals surface area contributed by atoms with E-state index < -0.39 is 5.82 Å². The van der Waals surface area contributed by atoms with Crippen LogP contribution in [0.1, 0.15) is 32.1 Å². The van der Waals surface area contributed by atoms with E-state index in [4.69, 9.17) is 4.74 Å². The molecule has 6 nitrogen and oxygen atoms in total. The summed E-state index contributed by atoms with van der Waals surface area (Å²) < 4.78 is 19.1. The van der Waals surface area contributed by atoms with E-state index in [0.29, 0.717) is 11.4 Å². The van der Waals surface area contributed by atoms with E-state index in [-0.39, 0.29) is 11.7 Å². The number of halogens is 1. The Balaban J connectivity index is 1.50. The molecule has 0 N–H and O–H groups in total. The molecule has 2 fully saturated rings. The van der Waals surface area contributed by atoms with Gasteiger partial charge in [0.1, 0.15) is 12.1 Å². The van der Waals surface area contributed by atoms with E-state index in [1.165, 1.54) is 25.9 Å². The molecule has 2 aliphatic heterocycles. The summed E-state index contributed by atoms with van der Waals surface area (Å²) in [6.07, 6.45) is 6.58. The Bertz CT molecular complexity index is 830. The smallest absolute Gasteiger partial charge is 0.225 e. The average Bonchev–Trinajstić information content (AvgIpc) is 2.73. The van der Waals surface area contributed by atoms with Gasteiger partial charge in [-0.1, -0.05) is 0 Å². The van der Waals surface area contributed by atoms with Gasteiger partial charge in [-0.15, -0.1) is 0 Å². The van der Waals surface area contributed by atoms with Crippen LogP contribution in [0.3, 0.4) is 0 Å². The predicted molar refractivity (Wildman–Crippen MR) is 101 cm³/mol. The third-order valence-electron chi connectivity index (χ3n) is 5.70. The van der Waals surface area contributed by atoms with E-state index in [2.05, 4.69) is 14.9 Å². The average molecular weight is 372 g/mol. The standard InChI is InChI=1S/C20H25FN4O2/c1-27-18-11-15-17(12-16(18)21)22-13-23-19(15)24-9-5-14(6-10-24)20(26)25-7-3-2-4-8-25/h11-14H,2-10H2,1H3. The van der Waals surface area contributed by atoms with Crippen molar-refractivity contribution in [3.05, 3.63) is 24.3 Å². The van der Waals surface area contributed by atoms with Crippen LogP contribution in [0.5, 0.6) is 5.75 Å². The fourth-order valence-electron chi connectivity index (χ4n) is 4.16. The molecular formula is C20H25FN4O2. The van der Waals surface area contributed by atoms with Gasteiger partial charge in [-0.3, -0.25) is 4.79 Å². The van der Waals surface area contributed by atoms with Crippen molar-refractivity contribution >= 4 is 22.6 Å². The molecule has 1 amide bonds. The Morgan fingerprint density at radius 2 is 1.85 bits per heavy atom. The minimum absolute atomic E-state index is 0.0967. The summed E-state index contributed by atoms with van der Waals surface area (Å²) in [5.74, 6) is 0.946. The van der Waals surface area contributed by atoms with Crippen molar-refractivity contribution < 1.29 is 13.9 Å². The number of nitrogens with zero attached hydrogens (tertiary/aromatic N) is 4. The number of likely N-dealkylation sites (tertiary alicyclic amines) is 1. The Morgan fingerprint density at radius 3 is 2.56 bits per heavy atom. The lowest BCUT2D eigenvalue weighted by Crippen LogP contribution is -2.44. The molecular weight excluding hydrogens is 347 g/mol. The summed E-state index contributed by atoms with van der Waals surface area (Å²) in [4.78, 5) is 25.6. The Morgan fingerprint density at radius 1 is 1.11 bits per heavy atom. The van der Waals surface area contributed by atoms with Crippen LogP contribution < -0.4 is 9.64 Å². The second kappa shape index (κ2) is 7.66. The zero-order chi connectivity index (χ0) is 18.8. The van der Waals surface area contributed by atoms with Crippen molar-refractivity contribution in [2.75, 3.05) is 38.2 Å². The van der Waals surface area contributed by atoms with Gasteiger partial charge in [0.15, 0.2) is 11.6 Å². The van der Waals surface area contributed by atoms with Crippen molar-refractivity contribution in [2.24, 2.45) is 5.92 Å². The number of hydrogen-bond donors (Lipinski definition) is 0. The van der Waals surface area contributed by atoms with Gasteiger partial charge in [0.25, 0.3) is 0 Å². The molecule has 2 aromatic rings. The van der Waals surface area contributed by atoms with Crippen LogP contribution in [0.25, 0.3) is 10.9 Å². The summed E-state index contributed by atoms with van der Waals surface area (Å²) in [5.41, 5.74) is 0.560. The van der Waals surface area contributed by atoms with Crippen molar-refractivity contribution in [3.8, 4) is 5.75 Å². The molecule has 2 aliphatic rings. The van der Waals surface area contributed by atoms with Gasteiger partial charge in [-0.2, -0.15) is 0 Å². The van der Waals surface area contributed by atoms with Crippen molar-refractivity contribution in [1.82, 2.24) is 14.9 Å². The van der Waals surface area contributed by atoms with Gasteiger partial charge in [-0.25, -0.2) is 14.4 Å². The number of amides is 1. The summed E-state index contributed by atoms with van der Waals surface area (Å²) in [5, 5.41) is 0.775. The van der Waals surface area contributed by atoms with E-state index in [0.717, 1.165) is 63.1 Å². The first-order chi connectivity index (χ1) is 13.2. The number of aromatic nitrogens is 2. The number of methoxy groups -OCH3 is 1. The number of piperidine rings is 2. The normalized spacial score (nSPS) is 18.7. The number of benzene rings is 1. The fraction of sp³-hybridized carbons (Fsp3) is 0.550. The zero-order valence-electron chi connectivity index (χ0n) is 15.7. The van der Waals surface area contributed by atoms with Crippen LogP contribution in [0.2, 0.25) is 0 Å². The summed E-state index contributed by atoms with van der Waals surface area (Å²) >= 11 is 0. The maximum atomic E-state index is 14.0. The first kappa shape index (κ1) is 17.9. The molecule has 0 spiro atoms. The minimum Gasteiger partial charge on any atom is -0.494 e. The molecule has 0 unspecified atom stereocenters. The van der Waals surface area contributed by atoms with Crippen molar-refractivity contribution in [3.63, 3.8) is 0 Å². The highest BCUT2D eigenvalue weighted by Crippen LogP contribution is 2.32. The Kier molecular flexibility index (Phi) is 5.09. The van der Waals surface area contributed by atoms with Gasteiger partial charge in [0.2, 0.25) is 5.91 Å². The van der Waals surface area contributed by atoms with Gasteiger partial charge in [0, 0.05) is 43.5 Å². The lowest BCUT2D eigenvalue weighted by Gasteiger charge is -2.36. The molecule has 0 saturated carbocycles. The van der Waals surface area contributed by atoms with Crippen molar-refractivity contribution in [2.45, 2.75) is 32.1 Å². The summed E-state index contributed by atoms with van der Waals surface area (Å²) in [7, 11) is 1.45. The van der Waals surface area contributed by atoms with Crippen LogP contribution in [-0.2, 0) is 4.79 Å². The molecule has 0 aliphatic carbocycles. The van der Waals surface area contributed by atoms with Crippen LogP contribution in [0, 0.1) is 11.7 Å². The maximum absolute atomic E-state index is 14.0. The van der Waals surface area contributed by atoms with E-state index in [1.807, 2.05) is 4.90 Å². The third-order valence-corrected chi connectivity index (χ3v) is 5.70. The number of ether oxygens (including phenoxy) is 1. The lowest BCUT2D eigenvalue weighted by atomic mass is 9.94. The van der Waals surface area contributed by atoms with E-state index in [1.54, 1.807) is 6.07 Å². The largest absolute Gasteiger partial charge is 0.494 e. The molecule has 2 saturated heterocycles. The molecule has 0 radical (unpaired) electrons. The van der Waals surface area contributed by atoms with Crippen LogP contribution in [0.15, 0.2) is 18.5 Å². The Hall–Kier alpha value is -2.44. The second-order valence-electron chi connectivity index (χ2n) is 7.35. The predicted octanol–water partition coefficient (Wildman–Crippen LogP) is 3.01. The zero-order valence-corrected chi connectivity index (χ0v) is 15.7. The topological polar surface area (TPSA) is 58.6 Å². The number of carbonyl (C=O) groups excluding carboxylic acids is 1. The van der Waals surface area contributed by atoms with E-state index in [9.17, 15) is 9.18 Å². The molecule has 1 aromatic carbocycles. The molecule has 7 heteroatoms. The molecule has 4 rings (SSSR count). The number of rotatable bonds is 3. The van der Waals surface area contributed by atoms with Gasteiger partial charge in [-0.05, 0) is 38.2 Å². The van der Waals surface area contributed by atoms with Crippen LogP contribution >= 0.6 is 0 Å². The highest BCUT2D eigenvalue weighted by atomic mass is 19.1. The number of fused-ring (bicyclic) bond motifs is 1. The highest BCUT2D eigenvalue weighted by molar-refractivity contribution is 5.90. The molecule has 0 atom stereocenters. The first-order valence-corrected chi connectivity index (χ1v) is 9.69. The minimum atomic E-state index is -0.430. The molecule has 0 bridgehead atoms. The van der Waals surface area contributed by atoms with Gasteiger partial charge >= 0.3 is 0 Å². The van der Waals surface area contributed by atoms with Crippen molar-refractivity contribution in [1.29, 1.82) is 0 Å². The van der Waals surface area contributed by atoms with Gasteiger partial charge < -0.3 is 14.5 Å². The SMILES string of the molecule is COc1cc2c(N3CCC(C(=O)N4CCCCC4)CC3)ncnc2cc1F. The van der Waals surface area contributed by atoms with E-state index >= 15 is 0 Å². The molecule has 27 heavy (non-hydrogen) atoms. The Labute approximate surface area is 158 Å². The number of carbonyl (C=O) groups is 1. The second-order valence-corrected chi connectivity index (χ2v) is 7.35. The summed E-state index contributed by atoms with van der Waals surface area (Å²) in [6, 6.07) is 3.04. The third kappa shape index (κ3) is 3.55. The molecule has 144 valence electrons. The fourth-order valence-corrected chi connectivity index (χ4v) is 4.16. The first-order valence-electron chi connectivity index (χ1n) is 9.69. The summed E-state index contributed by atoms with van der Waals surface area (Å²) in [6.45, 7) is 3.33. The monoisotopic (exact) mass is 372 g/mol. The quantitative estimate of drug-likeness (QED) is 0.829. The van der Waals surface area contributed by atoms with Crippen LogP contribution in [0.4, 0.5) is 10.2 Å². The lowest BCUT2D eigenvalue weighted by molar-refractivity contribution is -0.137.